The molecule has 4 fully saturated rings. The second-order valence-electron chi connectivity index (χ2n) is 15.4. The SMILES string of the molecule is COC(=O)C1(C)C(NC(C)=O)CC[C@@]2(C)C1CC[C@]1(C)[C@@H]2C(=O)C=C2[C@@H]3[C@@H](C)[C@H](C)CC[C@]3(C)CC[C@]21C. The van der Waals surface area contributed by atoms with Gasteiger partial charge in [-0.05, 0) is 110 Å². The number of hydrogen-bond acceptors (Lipinski definition) is 4. The van der Waals surface area contributed by atoms with E-state index < -0.39 is 5.41 Å². The summed E-state index contributed by atoms with van der Waals surface area (Å²) in [5.74, 6) is 1.45. The van der Waals surface area contributed by atoms with Crippen LogP contribution in [0.15, 0.2) is 11.6 Å². The summed E-state index contributed by atoms with van der Waals surface area (Å²) >= 11 is 0. The average Bonchev–Trinajstić information content (AvgIpc) is 2.84. The van der Waals surface area contributed by atoms with E-state index >= 15 is 0 Å². The normalized spacial score (nSPS) is 51.9. The largest absolute Gasteiger partial charge is 0.469 e. The fourth-order valence-electron chi connectivity index (χ4n) is 11.4. The number of hydrogen-bond donors (Lipinski definition) is 1. The lowest BCUT2D eigenvalue weighted by Gasteiger charge is -2.70. The molecule has 5 aliphatic carbocycles. The quantitative estimate of drug-likeness (QED) is 0.418. The van der Waals surface area contributed by atoms with Crippen molar-refractivity contribution in [1.29, 1.82) is 0 Å². The van der Waals surface area contributed by atoms with Gasteiger partial charge in [0, 0.05) is 18.9 Å². The van der Waals surface area contributed by atoms with Crippen LogP contribution < -0.4 is 5.32 Å². The van der Waals surface area contributed by atoms with Crippen molar-refractivity contribution in [3.05, 3.63) is 11.6 Å². The van der Waals surface area contributed by atoms with Crippen molar-refractivity contribution in [1.82, 2.24) is 5.32 Å². The fourth-order valence-corrected chi connectivity index (χ4v) is 11.4. The molecule has 212 valence electrons. The molecule has 0 aromatic heterocycles. The second-order valence-corrected chi connectivity index (χ2v) is 15.4. The van der Waals surface area contributed by atoms with Crippen LogP contribution in [0.2, 0.25) is 0 Å². The first-order valence-electron chi connectivity index (χ1n) is 15.2. The predicted octanol–water partition coefficient (Wildman–Crippen LogP) is 6.50. The zero-order valence-electron chi connectivity index (χ0n) is 25.3. The predicted molar refractivity (Wildman–Crippen MR) is 149 cm³/mol. The molecule has 5 aliphatic rings. The third-order valence-electron chi connectivity index (χ3n) is 13.8. The molecule has 4 saturated carbocycles. The van der Waals surface area contributed by atoms with Crippen molar-refractivity contribution < 1.29 is 19.1 Å². The molecule has 5 nitrogen and oxygen atoms in total. The van der Waals surface area contributed by atoms with Crippen LogP contribution in [0, 0.1) is 56.7 Å². The van der Waals surface area contributed by atoms with E-state index in [-0.39, 0.29) is 57.2 Å². The smallest absolute Gasteiger partial charge is 0.313 e. The number of rotatable bonds is 2. The highest BCUT2D eigenvalue weighted by Crippen LogP contribution is 2.75. The van der Waals surface area contributed by atoms with Gasteiger partial charge in [0.2, 0.25) is 5.91 Å². The molecule has 0 aromatic carbocycles. The third-order valence-corrected chi connectivity index (χ3v) is 13.8. The maximum absolute atomic E-state index is 14.5. The summed E-state index contributed by atoms with van der Waals surface area (Å²) < 4.78 is 5.40. The van der Waals surface area contributed by atoms with E-state index in [2.05, 4.69) is 52.9 Å². The first-order chi connectivity index (χ1) is 17.6. The Balaban J connectivity index is 1.62. The lowest BCUT2D eigenvalue weighted by atomic mass is 9.33. The number of esters is 1. The summed E-state index contributed by atoms with van der Waals surface area (Å²) in [7, 11) is 1.45. The minimum absolute atomic E-state index is 0.0226. The molecule has 0 aliphatic heterocycles. The zero-order chi connectivity index (χ0) is 28.1. The van der Waals surface area contributed by atoms with Gasteiger partial charge in [-0.2, -0.15) is 0 Å². The summed E-state index contributed by atoms with van der Waals surface area (Å²) in [6.07, 6.45) is 10.3. The van der Waals surface area contributed by atoms with Crippen LogP contribution in [-0.2, 0) is 19.1 Å². The molecule has 1 N–H and O–H groups in total. The van der Waals surface area contributed by atoms with E-state index in [0.29, 0.717) is 24.2 Å². The van der Waals surface area contributed by atoms with Gasteiger partial charge in [0.05, 0.1) is 12.5 Å². The third kappa shape index (κ3) is 3.38. The zero-order valence-corrected chi connectivity index (χ0v) is 25.3. The molecule has 38 heavy (non-hydrogen) atoms. The van der Waals surface area contributed by atoms with Gasteiger partial charge in [0.15, 0.2) is 5.78 Å². The van der Waals surface area contributed by atoms with Crippen LogP contribution >= 0.6 is 0 Å². The molecule has 0 bridgehead atoms. The van der Waals surface area contributed by atoms with Crippen LogP contribution in [0.25, 0.3) is 0 Å². The number of amides is 1. The molecular weight excluding hydrogens is 474 g/mol. The maximum atomic E-state index is 14.5. The van der Waals surface area contributed by atoms with E-state index in [0.717, 1.165) is 25.7 Å². The van der Waals surface area contributed by atoms with Gasteiger partial charge in [-0.15, -0.1) is 0 Å². The Bertz CT molecular complexity index is 1080. The molecule has 0 radical (unpaired) electrons. The molecule has 0 spiro atoms. The maximum Gasteiger partial charge on any atom is 0.313 e. The van der Waals surface area contributed by atoms with Crippen LogP contribution in [0.4, 0.5) is 0 Å². The summed E-state index contributed by atoms with van der Waals surface area (Å²) in [6.45, 7) is 18.0. The Hall–Kier alpha value is -1.65. The van der Waals surface area contributed by atoms with Crippen molar-refractivity contribution >= 4 is 17.7 Å². The monoisotopic (exact) mass is 525 g/mol. The molecule has 11 atom stereocenters. The van der Waals surface area contributed by atoms with E-state index in [9.17, 15) is 14.4 Å². The number of nitrogens with one attached hydrogen (secondary N) is 1. The van der Waals surface area contributed by atoms with E-state index in [4.69, 9.17) is 4.74 Å². The topological polar surface area (TPSA) is 72.5 Å². The van der Waals surface area contributed by atoms with Gasteiger partial charge in [-0.1, -0.05) is 47.1 Å². The Morgan fingerprint density at radius 1 is 0.947 bits per heavy atom. The summed E-state index contributed by atoms with van der Waals surface area (Å²) in [4.78, 5) is 40.1. The number of carbonyl (C=O) groups excluding carboxylic acids is 3. The van der Waals surface area contributed by atoms with Crippen LogP contribution in [0.3, 0.4) is 0 Å². The number of allylic oxidation sites excluding steroid dienone is 2. The number of carbonyl (C=O) groups is 3. The molecular formula is C33H51NO4. The van der Waals surface area contributed by atoms with Gasteiger partial charge in [-0.3, -0.25) is 14.4 Å². The lowest BCUT2D eigenvalue weighted by Crippen LogP contribution is -2.69. The number of fused-ring (bicyclic) bond motifs is 7. The molecule has 3 unspecified atom stereocenters. The van der Waals surface area contributed by atoms with Gasteiger partial charge < -0.3 is 10.1 Å². The number of ether oxygens (including phenoxy) is 1. The van der Waals surface area contributed by atoms with Gasteiger partial charge in [0.25, 0.3) is 0 Å². The summed E-state index contributed by atoms with van der Waals surface area (Å²) in [6, 6.07) is -0.282. The molecule has 0 heterocycles. The molecule has 1 amide bonds. The summed E-state index contributed by atoms with van der Waals surface area (Å²) in [5, 5.41) is 3.09. The highest BCUT2D eigenvalue weighted by Gasteiger charge is 2.72. The average molecular weight is 526 g/mol. The highest BCUT2D eigenvalue weighted by atomic mass is 16.5. The van der Waals surface area contributed by atoms with Crippen molar-refractivity contribution in [2.24, 2.45) is 56.7 Å². The Morgan fingerprint density at radius 2 is 1.63 bits per heavy atom. The van der Waals surface area contributed by atoms with Crippen LogP contribution in [-0.4, -0.2) is 30.8 Å². The van der Waals surface area contributed by atoms with E-state index in [1.54, 1.807) is 0 Å². The summed E-state index contributed by atoms with van der Waals surface area (Å²) in [5.41, 5.74) is 0.350. The Kier molecular flexibility index (Phi) is 6.37. The standard InChI is InChI=1S/C33H51NO4/c1-19-10-13-29(4)16-17-31(6)22(26(29)20(19)2)18-23(36)27-30(5)14-12-25(34-21(3)35)33(8,28(37)38-9)24(30)11-15-32(27,31)7/h18-20,24-27H,10-17H2,1-9H3,(H,34,35)/t19-,20+,24?,25?,26+,27-,29-,30+,31-,32-,33?/m1/s1. The lowest BCUT2D eigenvalue weighted by molar-refractivity contribution is -0.203. The number of methoxy groups -OCH3 is 1. The van der Waals surface area contributed by atoms with E-state index in [1.165, 1.54) is 38.9 Å². The van der Waals surface area contributed by atoms with Crippen molar-refractivity contribution in [3.63, 3.8) is 0 Å². The Morgan fingerprint density at radius 3 is 2.26 bits per heavy atom. The second kappa shape index (κ2) is 8.67. The molecule has 5 heteroatoms. The molecule has 0 saturated heterocycles. The first-order valence-corrected chi connectivity index (χ1v) is 15.2. The van der Waals surface area contributed by atoms with Gasteiger partial charge in [-0.25, -0.2) is 0 Å². The van der Waals surface area contributed by atoms with Crippen LogP contribution in [0.1, 0.15) is 107 Å². The van der Waals surface area contributed by atoms with Crippen LogP contribution in [0.5, 0.6) is 0 Å². The minimum Gasteiger partial charge on any atom is -0.469 e. The van der Waals surface area contributed by atoms with Crippen molar-refractivity contribution in [2.45, 2.75) is 113 Å². The van der Waals surface area contributed by atoms with Gasteiger partial charge >= 0.3 is 5.97 Å². The first kappa shape index (κ1) is 27.9. The highest BCUT2D eigenvalue weighted by molar-refractivity contribution is 5.96. The van der Waals surface area contributed by atoms with Crippen molar-refractivity contribution in [3.8, 4) is 0 Å². The van der Waals surface area contributed by atoms with E-state index in [1.807, 2.05) is 6.92 Å². The van der Waals surface area contributed by atoms with Gasteiger partial charge in [0.1, 0.15) is 0 Å². The van der Waals surface area contributed by atoms with Crippen molar-refractivity contribution in [2.75, 3.05) is 7.11 Å². The minimum atomic E-state index is -0.863. The fraction of sp³-hybridized carbons (Fsp3) is 0.848. The number of ketones is 1. The Labute approximate surface area is 230 Å². The molecule has 0 aromatic rings. The molecule has 5 rings (SSSR count).